The van der Waals surface area contributed by atoms with E-state index < -0.39 is 0 Å². The van der Waals surface area contributed by atoms with E-state index in [0.717, 1.165) is 19.4 Å². The Bertz CT molecular complexity index is 888. The lowest BCUT2D eigenvalue weighted by atomic mass is 10.2. The third kappa shape index (κ3) is 4.35. The van der Waals surface area contributed by atoms with E-state index in [2.05, 4.69) is 17.2 Å². The highest BCUT2D eigenvalue weighted by atomic mass is 32.2. The van der Waals surface area contributed by atoms with Crippen LogP contribution in [0.2, 0.25) is 0 Å². The molecular weight excluding hydrogens is 362 g/mol. The zero-order chi connectivity index (χ0) is 18.8. The molecular formula is C20H25N3O3S. The summed E-state index contributed by atoms with van der Waals surface area (Å²) in [6.45, 7) is 3.28. The second-order valence-electron chi connectivity index (χ2n) is 7.44. The number of carbonyl (C=O) groups is 1. The van der Waals surface area contributed by atoms with Gasteiger partial charge in [0.2, 0.25) is 5.91 Å². The maximum Gasteiger partial charge on any atom is 0.262 e. The normalized spacial score (nSPS) is 20.7. The van der Waals surface area contributed by atoms with Gasteiger partial charge in [0.1, 0.15) is 0 Å². The Balaban J connectivity index is 1.55. The number of fused-ring (bicyclic) bond motifs is 1. The van der Waals surface area contributed by atoms with Gasteiger partial charge in [-0.2, -0.15) is 0 Å². The SMILES string of the molecule is CC(NC(=O)CSc1nc2ccccc2c(=O)n1CC1CCCO1)C1CC1. The number of para-hydroxylation sites is 1. The smallest absolute Gasteiger partial charge is 0.262 e. The highest BCUT2D eigenvalue weighted by Gasteiger charge is 2.29. The van der Waals surface area contributed by atoms with Crippen LogP contribution in [0.25, 0.3) is 10.9 Å². The van der Waals surface area contributed by atoms with Gasteiger partial charge in [0.25, 0.3) is 5.56 Å². The molecule has 144 valence electrons. The van der Waals surface area contributed by atoms with E-state index in [4.69, 9.17) is 4.74 Å². The van der Waals surface area contributed by atoms with Gasteiger partial charge in [0.05, 0.1) is 29.3 Å². The monoisotopic (exact) mass is 387 g/mol. The molecule has 1 aliphatic carbocycles. The average Bonchev–Trinajstić information content (AvgIpc) is 3.40. The van der Waals surface area contributed by atoms with Gasteiger partial charge >= 0.3 is 0 Å². The Kier molecular flexibility index (Phi) is 5.50. The summed E-state index contributed by atoms with van der Waals surface area (Å²) in [7, 11) is 0. The standard InChI is InChI=1S/C20H25N3O3S/c1-13(14-8-9-14)21-18(24)12-27-20-22-17-7-3-2-6-16(17)19(25)23(20)11-15-5-4-10-26-15/h2-3,6-7,13-15H,4-5,8-12H2,1H3,(H,21,24). The number of benzene rings is 1. The highest BCUT2D eigenvalue weighted by molar-refractivity contribution is 7.99. The number of rotatable bonds is 7. The number of hydrogen-bond acceptors (Lipinski definition) is 5. The molecule has 6 nitrogen and oxygen atoms in total. The third-order valence-corrected chi connectivity index (χ3v) is 6.26. The van der Waals surface area contributed by atoms with Crippen LogP contribution in [0.5, 0.6) is 0 Å². The minimum Gasteiger partial charge on any atom is -0.376 e. The van der Waals surface area contributed by atoms with Gasteiger partial charge in [0.15, 0.2) is 5.16 Å². The van der Waals surface area contributed by atoms with Gasteiger partial charge in [-0.3, -0.25) is 14.2 Å². The number of ether oxygens (including phenoxy) is 1. The molecule has 1 aromatic carbocycles. The van der Waals surface area contributed by atoms with Crippen molar-refractivity contribution in [2.24, 2.45) is 5.92 Å². The summed E-state index contributed by atoms with van der Waals surface area (Å²) in [5.74, 6) is 0.869. The van der Waals surface area contributed by atoms with Crippen LogP contribution in [0.3, 0.4) is 0 Å². The average molecular weight is 388 g/mol. The fourth-order valence-corrected chi connectivity index (χ4v) is 4.37. The number of carbonyl (C=O) groups excluding carboxylic acids is 1. The number of thioether (sulfide) groups is 1. The van der Waals surface area contributed by atoms with E-state index in [1.54, 1.807) is 10.6 Å². The van der Waals surface area contributed by atoms with Gasteiger partial charge in [-0.1, -0.05) is 23.9 Å². The maximum absolute atomic E-state index is 13.0. The van der Waals surface area contributed by atoms with Crippen molar-refractivity contribution >= 4 is 28.6 Å². The second kappa shape index (κ2) is 8.02. The van der Waals surface area contributed by atoms with Crippen LogP contribution in [0.15, 0.2) is 34.2 Å². The van der Waals surface area contributed by atoms with Crippen molar-refractivity contribution in [3.8, 4) is 0 Å². The van der Waals surface area contributed by atoms with Crippen LogP contribution in [0, 0.1) is 5.92 Å². The molecule has 0 radical (unpaired) electrons. The predicted molar refractivity (Wildman–Crippen MR) is 106 cm³/mol. The minimum atomic E-state index is -0.0645. The Morgan fingerprint density at radius 2 is 2.19 bits per heavy atom. The number of aromatic nitrogens is 2. The molecule has 1 N–H and O–H groups in total. The molecule has 2 atom stereocenters. The summed E-state index contributed by atoms with van der Waals surface area (Å²) in [6, 6.07) is 7.58. The summed E-state index contributed by atoms with van der Waals surface area (Å²) >= 11 is 1.33. The molecule has 1 saturated heterocycles. The number of nitrogens with one attached hydrogen (secondary N) is 1. The van der Waals surface area contributed by atoms with E-state index in [1.165, 1.54) is 24.6 Å². The molecule has 2 aliphatic rings. The van der Waals surface area contributed by atoms with Crippen molar-refractivity contribution in [3.05, 3.63) is 34.6 Å². The van der Waals surface area contributed by atoms with Crippen molar-refractivity contribution in [2.45, 2.75) is 56.5 Å². The van der Waals surface area contributed by atoms with Crippen LogP contribution >= 0.6 is 11.8 Å². The summed E-state index contributed by atoms with van der Waals surface area (Å²) in [6.07, 6.45) is 4.39. The van der Waals surface area contributed by atoms with Gasteiger partial charge < -0.3 is 10.1 Å². The summed E-state index contributed by atoms with van der Waals surface area (Å²) < 4.78 is 7.40. The molecule has 1 amide bonds. The lowest BCUT2D eigenvalue weighted by Gasteiger charge is -2.17. The molecule has 0 spiro atoms. The molecule has 1 saturated carbocycles. The molecule has 1 aliphatic heterocycles. The minimum absolute atomic E-state index is 0.00882. The van der Waals surface area contributed by atoms with Crippen LogP contribution < -0.4 is 10.9 Å². The van der Waals surface area contributed by atoms with Gasteiger partial charge in [0, 0.05) is 12.6 Å². The number of nitrogens with zero attached hydrogens (tertiary/aromatic N) is 2. The molecule has 2 aromatic rings. The molecule has 0 bridgehead atoms. The fourth-order valence-electron chi connectivity index (χ4n) is 3.55. The van der Waals surface area contributed by atoms with Crippen LogP contribution in [-0.4, -0.2) is 40.0 Å². The summed E-state index contributed by atoms with van der Waals surface area (Å²) in [5, 5.41) is 4.25. The quantitative estimate of drug-likeness (QED) is 0.584. The van der Waals surface area contributed by atoms with Gasteiger partial charge in [-0.05, 0) is 50.7 Å². The molecule has 2 fully saturated rings. The molecule has 4 rings (SSSR count). The van der Waals surface area contributed by atoms with Crippen molar-refractivity contribution < 1.29 is 9.53 Å². The Hall–Kier alpha value is -1.86. The summed E-state index contributed by atoms with van der Waals surface area (Å²) in [5.41, 5.74) is 0.603. The first-order valence-electron chi connectivity index (χ1n) is 9.65. The lowest BCUT2D eigenvalue weighted by molar-refractivity contribution is -0.119. The van der Waals surface area contributed by atoms with Crippen molar-refractivity contribution in [2.75, 3.05) is 12.4 Å². The molecule has 1 aromatic heterocycles. The van der Waals surface area contributed by atoms with Crippen LogP contribution in [0.1, 0.15) is 32.6 Å². The van der Waals surface area contributed by atoms with Crippen LogP contribution in [0.4, 0.5) is 0 Å². The Morgan fingerprint density at radius 3 is 2.93 bits per heavy atom. The van der Waals surface area contributed by atoms with Gasteiger partial charge in [-0.15, -0.1) is 0 Å². The molecule has 2 heterocycles. The van der Waals surface area contributed by atoms with Gasteiger partial charge in [-0.25, -0.2) is 4.98 Å². The van der Waals surface area contributed by atoms with E-state index in [1.807, 2.05) is 18.2 Å². The zero-order valence-corrected chi connectivity index (χ0v) is 16.3. The van der Waals surface area contributed by atoms with E-state index in [9.17, 15) is 9.59 Å². The lowest BCUT2D eigenvalue weighted by Crippen LogP contribution is -2.35. The summed E-state index contributed by atoms with van der Waals surface area (Å²) in [4.78, 5) is 30.0. The second-order valence-corrected chi connectivity index (χ2v) is 8.39. The molecule has 27 heavy (non-hydrogen) atoms. The largest absolute Gasteiger partial charge is 0.376 e. The van der Waals surface area contributed by atoms with Crippen LogP contribution in [-0.2, 0) is 16.1 Å². The van der Waals surface area contributed by atoms with Crippen molar-refractivity contribution in [1.82, 2.24) is 14.9 Å². The molecule has 7 heteroatoms. The first kappa shape index (κ1) is 18.5. The van der Waals surface area contributed by atoms with E-state index >= 15 is 0 Å². The van der Waals surface area contributed by atoms with E-state index in [-0.39, 0.29) is 29.4 Å². The molecule has 2 unspecified atom stereocenters. The Morgan fingerprint density at radius 1 is 1.37 bits per heavy atom. The zero-order valence-electron chi connectivity index (χ0n) is 15.5. The van der Waals surface area contributed by atoms with E-state index in [0.29, 0.717) is 28.5 Å². The third-order valence-electron chi connectivity index (χ3n) is 5.29. The first-order valence-corrected chi connectivity index (χ1v) is 10.6. The van der Waals surface area contributed by atoms with Crippen molar-refractivity contribution in [1.29, 1.82) is 0 Å². The first-order chi connectivity index (χ1) is 13.1. The van der Waals surface area contributed by atoms with Crippen molar-refractivity contribution in [3.63, 3.8) is 0 Å². The number of hydrogen-bond donors (Lipinski definition) is 1. The topological polar surface area (TPSA) is 73.2 Å². The Labute approximate surface area is 162 Å². The predicted octanol–water partition coefficient (Wildman–Crippen LogP) is 2.58. The highest BCUT2D eigenvalue weighted by Crippen LogP contribution is 2.32. The maximum atomic E-state index is 13.0. The number of amides is 1. The fraction of sp³-hybridized carbons (Fsp3) is 0.550.